The summed E-state index contributed by atoms with van der Waals surface area (Å²) in [4.78, 5) is 29.9. The van der Waals surface area contributed by atoms with Crippen LogP contribution in [0.3, 0.4) is 0 Å². The molecular formula is C20H19N3O3S. The zero-order valence-corrected chi connectivity index (χ0v) is 15.7. The number of rotatable bonds is 6. The summed E-state index contributed by atoms with van der Waals surface area (Å²) >= 11 is 1.26. The van der Waals surface area contributed by atoms with Gasteiger partial charge in [0.05, 0.1) is 29.5 Å². The first-order valence-corrected chi connectivity index (χ1v) is 9.72. The van der Waals surface area contributed by atoms with Crippen LogP contribution in [0.25, 0.3) is 16.6 Å². The molecule has 1 saturated carbocycles. The van der Waals surface area contributed by atoms with E-state index in [0.29, 0.717) is 33.5 Å². The topological polar surface area (TPSA) is 73.2 Å². The third kappa shape index (κ3) is 3.83. The molecule has 0 aliphatic heterocycles. The molecule has 0 bridgehead atoms. The van der Waals surface area contributed by atoms with E-state index in [9.17, 15) is 9.59 Å². The molecule has 0 atom stereocenters. The van der Waals surface area contributed by atoms with Gasteiger partial charge in [0.15, 0.2) is 5.16 Å². The number of amides is 1. The highest BCUT2D eigenvalue weighted by molar-refractivity contribution is 7.99. The lowest BCUT2D eigenvalue weighted by molar-refractivity contribution is -0.118. The van der Waals surface area contributed by atoms with E-state index >= 15 is 0 Å². The summed E-state index contributed by atoms with van der Waals surface area (Å²) in [5, 5.41) is 3.98. The van der Waals surface area contributed by atoms with E-state index in [1.54, 1.807) is 29.9 Å². The van der Waals surface area contributed by atoms with Crippen LogP contribution in [0, 0.1) is 0 Å². The fourth-order valence-electron chi connectivity index (χ4n) is 2.81. The van der Waals surface area contributed by atoms with E-state index in [4.69, 9.17) is 4.74 Å². The van der Waals surface area contributed by atoms with Crippen molar-refractivity contribution in [2.45, 2.75) is 24.0 Å². The molecule has 0 saturated heterocycles. The van der Waals surface area contributed by atoms with Crippen LogP contribution < -0.4 is 15.6 Å². The molecule has 1 fully saturated rings. The number of methoxy groups -OCH3 is 1. The van der Waals surface area contributed by atoms with Gasteiger partial charge in [-0.05, 0) is 37.1 Å². The van der Waals surface area contributed by atoms with E-state index in [1.165, 1.54) is 11.8 Å². The second kappa shape index (κ2) is 7.44. The molecule has 0 radical (unpaired) electrons. The summed E-state index contributed by atoms with van der Waals surface area (Å²) in [6, 6.07) is 14.8. The summed E-state index contributed by atoms with van der Waals surface area (Å²) in [5.74, 6) is 0.822. The molecule has 6 nitrogen and oxygen atoms in total. The number of carbonyl (C=O) groups excluding carboxylic acids is 1. The standard InChI is InChI=1S/C20H19N3O3S/c1-26-15-6-4-5-14(11-15)23-19(25)16-7-2-3-8-17(16)22-20(23)27-12-18(24)21-13-9-10-13/h2-8,11,13H,9-10,12H2,1H3,(H,21,24). The van der Waals surface area contributed by atoms with Crippen LogP contribution in [0.15, 0.2) is 58.5 Å². The number of thioether (sulfide) groups is 1. The highest BCUT2D eigenvalue weighted by Gasteiger charge is 2.23. The van der Waals surface area contributed by atoms with E-state index in [0.717, 1.165) is 12.8 Å². The number of aromatic nitrogens is 2. The van der Waals surface area contributed by atoms with Gasteiger partial charge in [0.2, 0.25) is 5.91 Å². The maximum absolute atomic E-state index is 13.2. The van der Waals surface area contributed by atoms with Crippen molar-refractivity contribution in [1.29, 1.82) is 0 Å². The second-order valence-corrected chi connectivity index (χ2v) is 7.33. The molecule has 3 aromatic rings. The van der Waals surface area contributed by atoms with Crippen LogP contribution in [-0.2, 0) is 4.79 Å². The summed E-state index contributed by atoms with van der Waals surface area (Å²) in [7, 11) is 1.58. The minimum absolute atomic E-state index is 0.0397. The average Bonchev–Trinajstić information content (AvgIpc) is 3.50. The van der Waals surface area contributed by atoms with Crippen molar-refractivity contribution in [3.63, 3.8) is 0 Å². The van der Waals surface area contributed by atoms with E-state index < -0.39 is 0 Å². The SMILES string of the molecule is COc1cccc(-n2c(SCC(=O)NC3CC3)nc3ccccc3c2=O)c1. The molecular weight excluding hydrogens is 362 g/mol. The molecule has 138 valence electrons. The van der Waals surface area contributed by atoms with Crippen LogP contribution in [0.4, 0.5) is 0 Å². The summed E-state index contributed by atoms with van der Waals surface area (Å²) in [6.07, 6.45) is 2.08. The molecule has 27 heavy (non-hydrogen) atoms. The molecule has 7 heteroatoms. The van der Waals surface area contributed by atoms with Gasteiger partial charge in [-0.1, -0.05) is 30.0 Å². The Morgan fingerprint density at radius 1 is 1.26 bits per heavy atom. The number of carbonyl (C=O) groups is 1. The zero-order valence-electron chi connectivity index (χ0n) is 14.8. The van der Waals surface area contributed by atoms with Gasteiger partial charge in [0, 0.05) is 12.1 Å². The average molecular weight is 381 g/mol. The van der Waals surface area contributed by atoms with Crippen molar-refractivity contribution < 1.29 is 9.53 Å². The lowest BCUT2D eigenvalue weighted by atomic mass is 10.2. The van der Waals surface area contributed by atoms with Crippen LogP contribution in [0.2, 0.25) is 0 Å². The first-order valence-electron chi connectivity index (χ1n) is 8.74. The number of hydrogen-bond acceptors (Lipinski definition) is 5. The molecule has 1 aliphatic rings. The monoisotopic (exact) mass is 381 g/mol. The van der Waals surface area contributed by atoms with Gasteiger partial charge in [-0.3, -0.25) is 14.2 Å². The Labute approximate surface area is 160 Å². The number of nitrogens with zero attached hydrogens (tertiary/aromatic N) is 2. The van der Waals surface area contributed by atoms with Crippen LogP contribution in [-0.4, -0.2) is 34.4 Å². The Balaban J connectivity index is 1.77. The number of benzene rings is 2. The van der Waals surface area contributed by atoms with E-state index in [2.05, 4.69) is 10.3 Å². The van der Waals surface area contributed by atoms with Gasteiger partial charge < -0.3 is 10.1 Å². The third-order valence-electron chi connectivity index (χ3n) is 4.33. The fraction of sp³-hybridized carbons (Fsp3) is 0.250. The van der Waals surface area contributed by atoms with Gasteiger partial charge >= 0.3 is 0 Å². The Bertz CT molecular complexity index is 1060. The third-order valence-corrected chi connectivity index (χ3v) is 5.27. The first-order chi connectivity index (χ1) is 13.2. The predicted molar refractivity (Wildman–Crippen MR) is 106 cm³/mol. The molecule has 1 aromatic heterocycles. The van der Waals surface area contributed by atoms with Crippen LogP contribution >= 0.6 is 11.8 Å². The fourth-order valence-corrected chi connectivity index (χ4v) is 3.64. The van der Waals surface area contributed by atoms with E-state index in [-0.39, 0.29) is 17.2 Å². The molecule has 1 amide bonds. The van der Waals surface area contributed by atoms with Gasteiger partial charge in [0.25, 0.3) is 5.56 Å². The van der Waals surface area contributed by atoms with Crippen molar-refractivity contribution in [2.24, 2.45) is 0 Å². The smallest absolute Gasteiger partial charge is 0.266 e. The van der Waals surface area contributed by atoms with E-state index in [1.807, 2.05) is 30.3 Å². The number of hydrogen-bond donors (Lipinski definition) is 1. The van der Waals surface area contributed by atoms with Crippen molar-refractivity contribution in [3.8, 4) is 11.4 Å². The Morgan fingerprint density at radius 2 is 2.07 bits per heavy atom. The number of nitrogens with one attached hydrogen (secondary N) is 1. The maximum atomic E-state index is 13.2. The minimum atomic E-state index is -0.168. The molecule has 1 aliphatic carbocycles. The summed E-state index contributed by atoms with van der Waals surface area (Å²) in [5.41, 5.74) is 1.11. The van der Waals surface area contributed by atoms with Gasteiger partial charge in [-0.2, -0.15) is 0 Å². The van der Waals surface area contributed by atoms with Gasteiger partial charge in [-0.15, -0.1) is 0 Å². The maximum Gasteiger partial charge on any atom is 0.266 e. The van der Waals surface area contributed by atoms with Crippen molar-refractivity contribution in [2.75, 3.05) is 12.9 Å². The molecule has 1 heterocycles. The van der Waals surface area contributed by atoms with Crippen molar-refractivity contribution in [1.82, 2.24) is 14.9 Å². The Hall–Kier alpha value is -2.80. The van der Waals surface area contributed by atoms with Crippen molar-refractivity contribution in [3.05, 3.63) is 58.9 Å². The Kier molecular flexibility index (Phi) is 4.85. The highest BCUT2D eigenvalue weighted by atomic mass is 32.2. The molecule has 0 spiro atoms. The second-order valence-electron chi connectivity index (χ2n) is 6.38. The van der Waals surface area contributed by atoms with Crippen molar-refractivity contribution >= 4 is 28.6 Å². The molecule has 0 unspecified atom stereocenters. The first kappa shape index (κ1) is 17.6. The number of para-hydroxylation sites is 1. The molecule has 1 N–H and O–H groups in total. The lowest BCUT2D eigenvalue weighted by Gasteiger charge is -2.14. The van der Waals surface area contributed by atoms with Gasteiger partial charge in [-0.25, -0.2) is 4.98 Å². The number of ether oxygens (including phenoxy) is 1. The van der Waals surface area contributed by atoms with Crippen LogP contribution in [0.1, 0.15) is 12.8 Å². The summed E-state index contributed by atoms with van der Waals surface area (Å²) < 4.78 is 6.83. The zero-order chi connectivity index (χ0) is 18.8. The van der Waals surface area contributed by atoms with Crippen LogP contribution in [0.5, 0.6) is 5.75 Å². The molecule has 2 aromatic carbocycles. The highest BCUT2D eigenvalue weighted by Crippen LogP contribution is 2.24. The largest absolute Gasteiger partial charge is 0.497 e. The minimum Gasteiger partial charge on any atom is -0.497 e. The predicted octanol–water partition coefficient (Wildman–Crippen LogP) is 2.77. The summed E-state index contributed by atoms with van der Waals surface area (Å²) in [6.45, 7) is 0. The quantitative estimate of drug-likeness (QED) is 0.525. The normalized spacial score (nSPS) is 13.5. The Morgan fingerprint density at radius 3 is 2.85 bits per heavy atom. The van der Waals surface area contributed by atoms with Gasteiger partial charge in [0.1, 0.15) is 5.75 Å². The molecule has 4 rings (SSSR count). The lowest BCUT2D eigenvalue weighted by Crippen LogP contribution is -2.28. The number of fused-ring (bicyclic) bond motifs is 1.